The van der Waals surface area contributed by atoms with Gasteiger partial charge in [-0.1, -0.05) is 36.4 Å². The number of hydrogen-bond donors (Lipinski definition) is 1. The molecule has 1 nitrogen and oxygen atoms in total. The lowest BCUT2D eigenvalue weighted by Gasteiger charge is -2.12. The number of aryl methyl sites for hydroxylation is 1. The van der Waals surface area contributed by atoms with E-state index in [1.54, 1.807) is 0 Å². The van der Waals surface area contributed by atoms with Crippen molar-refractivity contribution in [3.8, 4) is 0 Å². The largest absolute Gasteiger partial charge is 0.398 e. The zero-order valence-electron chi connectivity index (χ0n) is 10.2. The Morgan fingerprint density at radius 1 is 0.941 bits per heavy atom. The molecular weight excluding hydrogens is 274 g/mol. The molecule has 90 valence electrons. The number of nitrogen functional groups attached to an aromatic ring is 1. The molecule has 2 N–H and O–H groups in total. The van der Waals surface area contributed by atoms with E-state index in [9.17, 15) is 0 Å². The van der Waals surface area contributed by atoms with Gasteiger partial charge in [-0.3, -0.25) is 0 Å². The van der Waals surface area contributed by atoms with Gasteiger partial charge in [0.25, 0.3) is 0 Å². The molecule has 0 saturated heterocycles. The summed E-state index contributed by atoms with van der Waals surface area (Å²) in [6.45, 7) is 4.27. The van der Waals surface area contributed by atoms with Crippen LogP contribution in [0.15, 0.2) is 42.5 Å². The molecule has 17 heavy (non-hydrogen) atoms. The van der Waals surface area contributed by atoms with Crippen molar-refractivity contribution < 1.29 is 0 Å². The third kappa shape index (κ3) is 3.10. The predicted octanol–water partition coefficient (Wildman–Crippen LogP) is 4.05. The highest BCUT2D eigenvalue weighted by Crippen LogP contribution is 2.23. The molecular formula is C15H18BrN. The summed E-state index contributed by atoms with van der Waals surface area (Å²) in [4.78, 5) is 0. The molecule has 0 fully saturated rings. The van der Waals surface area contributed by atoms with Gasteiger partial charge in [-0.2, -0.15) is 0 Å². The van der Waals surface area contributed by atoms with Gasteiger partial charge in [0.15, 0.2) is 0 Å². The first kappa shape index (κ1) is 13.8. The highest BCUT2D eigenvalue weighted by Gasteiger charge is 2.06. The molecule has 0 amide bonds. The second-order valence-corrected chi connectivity index (χ2v) is 4.24. The van der Waals surface area contributed by atoms with Gasteiger partial charge in [0.1, 0.15) is 0 Å². The van der Waals surface area contributed by atoms with Gasteiger partial charge in [0.2, 0.25) is 0 Å². The lowest BCUT2D eigenvalue weighted by molar-refractivity contribution is 1.14. The summed E-state index contributed by atoms with van der Waals surface area (Å²) in [6, 6.07) is 14.5. The first-order valence-electron chi connectivity index (χ1n) is 5.57. The van der Waals surface area contributed by atoms with Gasteiger partial charge in [-0.25, -0.2) is 0 Å². The predicted molar refractivity (Wildman–Crippen MR) is 79.9 cm³/mol. The van der Waals surface area contributed by atoms with Crippen molar-refractivity contribution in [3.63, 3.8) is 0 Å². The van der Waals surface area contributed by atoms with Crippen LogP contribution < -0.4 is 5.73 Å². The van der Waals surface area contributed by atoms with Crippen LogP contribution in [-0.4, -0.2) is 0 Å². The van der Waals surface area contributed by atoms with Gasteiger partial charge in [-0.15, -0.1) is 17.0 Å². The average molecular weight is 292 g/mol. The van der Waals surface area contributed by atoms with E-state index in [-0.39, 0.29) is 17.0 Å². The molecule has 0 saturated carbocycles. The molecule has 0 aromatic heterocycles. The number of benzene rings is 2. The van der Waals surface area contributed by atoms with Crippen LogP contribution in [0.5, 0.6) is 0 Å². The minimum atomic E-state index is 0. The SMILES string of the molecule is Br.Cc1ccc(N)c(Cc2ccccc2)c1C. The highest BCUT2D eigenvalue weighted by molar-refractivity contribution is 8.93. The van der Waals surface area contributed by atoms with Crippen molar-refractivity contribution in [2.45, 2.75) is 20.3 Å². The van der Waals surface area contributed by atoms with Crippen LogP contribution in [-0.2, 0) is 6.42 Å². The van der Waals surface area contributed by atoms with Gasteiger partial charge in [0.05, 0.1) is 0 Å². The third-order valence-corrected chi connectivity index (χ3v) is 3.13. The monoisotopic (exact) mass is 291 g/mol. The molecule has 0 bridgehead atoms. The quantitative estimate of drug-likeness (QED) is 0.830. The van der Waals surface area contributed by atoms with Crippen LogP contribution in [0.25, 0.3) is 0 Å². The fourth-order valence-corrected chi connectivity index (χ4v) is 1.93. The number of nitrogens with two attached hydrogens (primary N) is 1. The third-order valence-electron chi connectivity index (χ3n) is 3.13. The zero-order valence-corrected chi connectivity index (χ0v) is 11.9. The first-order valence-corrected chi connectivity index (χ1v) is 5.57. The van der Waals surface area contributed by atoms with Crippen LogP contribution in [0.1, 0.15) is 22.3 Å². The van der Waals surface area contributed by atoms with E-state index in [2.05, 4.69) is 44.2 Å². The summed E-state index contributed by atoms with van der Waals surface area (Å²) in [5, 5.41) is 0. The summed E-state index contributed by atoms with van der Waals surface area (Å²) in [5.74, 6) is 0. The molecule has 2 heteroatoms. The number of halogens is 1. The minimum absolute atomic E-state index is 0. The van der Waals surface area contributed by atoms with Crippen molar-refractivity contribution in [2.75, 3.05) is 5.73 Å². The topological polar surface area (TPSA) is 26.0 Å². The smallest absolute Gasteiger partial charge is 0.0352 e. The Kier molecular flexibility index (Phi) is 4.76. The number of hydrogen-bond acceptors (Lipinski definition) is 1. The summed E-state index contributed by atoms with van der Waals surface area (Å²) >= 11 is 0. The molecule has 2 aromatic carbocycles. The summed E-state index contributed by atoms with van der Waals surface area (Å²) in [6.07, 6.45) is 0.917. The molecule has 0 radical (unpaired) electrons. The van der Waals surface area contributed by atoms with Gasteiger partial charge in [0, 0.05) is 5.69 Å². The van der Waals surface area contributed by atoms with Crippen LogP contribution >= 0.6 is 17.0 Å². The Morgan fingerprint density at radius 3 is 2.24 bits per heavy atom. The summed E-state index contributed by atoms with van der Waals surface area (Å²) in [5.41, 5.74) is 12.1. The summed E-state index contributed by atoms with van der Waals surface area (Å²) < 4.78 is 0. The van der Waals surface area contributed by atoms with Crippen molar-refractivity contribution in [1.82, 2.24) is 0 Å². The Hall–Kier alpha value is -1.28. The average Bonchev–Trinajstić information content (AvgIpc) is 2.31. The summed E-state index contributed by atoms with van der Waals surface area (Å²) in [7, 11) is 0. The maximum atomic E-state index is 6.04. The minimum Gasteiger partial charge on any atom is -0.398 e. The van der Waals surface area contributed by atoms with Crippen LogP contribution in [0, 0.1) is 13.8 Å². The van der Waals surface area contributed by atoms with E-state index in [1.165, 1.54) is 22.3 Å². The Balaban J connectivity index is 0.00000144. The molecule has 0 atom stereocenters. The lowest BCUT2D eigenvalue weighted by atomic mass is 9.96. The van der Waals surface area contributed by atoms with Crippen molar-refractivity contribution in [1.29, 1.82) is 0 Å². The zero-order chi connectivity index (χ0) is 11.5. The van der Waals surface area contributed by atoms with E-state index in [4.69, 9.17) is 5.73 Å². The Bertz CT molecular complexity index is 492. The van der Waals surface area contributed by atoms with Gasteiger partial charge in [-0.05, 0) is 48.6 Å². The molecule has 0 aliphatic heterocycles. The lowest BCUT2D eigenvalue weighted by Crippen LogP contribution is -2.00. The maximum absolute atomic E-state index is 6.04. The molecule has 2 aromatic rings. The number of rotatable bonds is 2. The van der Waals surface area contributed by atoms with Crippen LogP contribution in [0.3, 0.4) is 0 Å². The normalized spacial score (nSPS) is 9.76. The van der Waals surface area contributed by atoms with Gasteiger partial charge >= 0.3 is 0 Å². The second kappa shape index (κ2) is 5.87. The van der Waals surface area contributed by atoms with Crippen molar-refractivity contribution in [2.24, 2.45) is 0 Å². The van der Waals surface area contributed by atoms with E-state index in [0.717, 1.165) is 12.1 Å². The molecule has 0 aliphatic rings. The Morgan fingerprint density at radius 2 is 1.59 bits per heavy atom. The molecule has 0 aliphatic carbocycles. The van der Waals surface area contributed by atoms with E-state index < -0.39 is 0 Å². The van der Waals surface area contributed by atoms with Gasteiger partial charge < -0.3 is 5.73 Å². The fraction of sp³-hybridized carbons (Fsp3) is 0.200. The first-order chi connectivity index (χ1) is 7.68. The van der Waals surface area contributed by atoms with E-state index >= 15 is 0 Å². The highest BCUT2D eigenvalue weighted by atomic mass is 79.9. The Labute approximate surface area is 113 Å². The standard InChI is InChI=1S/C15H17N.BrH/c1-11-8-9-15(16)14(12(11)2)10-13-6-4-3-5-7-13;/h3-9H,10,16H2,1-2H3;1H. The van der Waals surface area contributed by atoms with Crippen molar-refractivity contribution >= 4 is 22.7 Å². The van der Waals surface area contributed by atoms with Crippen LogP contribution in [0.2, 0.25) is 0 Å². The fourth-order valence-electron chi connectivity index (χ4n) is 1.93. The molecule has 2 rings (SSSR count). The molecule has 0 unspecified atom stereocenters. The van der Waals surface area contributed by atoms with E-state index in [0.29, 0.717) is 0 Å². The maximum Gasteiger partial charge on any atom is 0.0352 e. The van der Waals surface area contributed by atoms with Crippen LogP contribution in [0.4, 0.5) is 5.69 Å². The number of anilines is 1. The molecule has 0 spiro atoms. The van der Waals surface area contributed by atoms with E-state index in [1.807, 2.05) is 12.1 Å². The second-order valence-electron chi connectivity index (χ2n) is 4.24. The molecule has 0 heterocycles. The van der Waals surface area contributed by atoms with Crippen molar-refractivity contribution in [3.05, 3.63) is 64.7 Å².